The van der Waals surface area contributed by atoms with Gasteiger partial charge >= 0.3 is 5.97 Å². The lowest BCUT2D eigenvalue weighted by Gasteiger charge is -2.26. The highest BCUT2D eigenvalue weighted by molar-refractivity contribution is 7.20. The minimum absolute atomic E-state index is 0.0204. The van der Waals surface area contributed by atoms with Crippen LogP contribution >= 0.6 is 11.3 Å². The fraction of sp³-hybridized carbons (Fsp3) is 0.300. The summed E-state index contributed by atoms with van der Waals surface area (Å²) in [7, 11) is 0. The number of aromatic carboxylic acids is 1. The van der Waals surface area contributed by atoms with Crippen LogP contribution in [0.4, 0.5) is 0 Å². The maximum absolute atomic E-state index is 12.5. The molecule has 0 spiro atoms. The van der Waals surface area contributed by atoms with E-state index in [4.69, 9.17) is 4.74 Å². The van der Waals surface area contributed by atoms with Gasteiger partial charge in [0, 0.05) is 0 Å². The standard InChI is InChI=1S/C20H19N3O4S/c1-11-16-18(21-10-22-19(16)28-17(11)20(25)26)27-9-15(24)23-14-8-4-6-12-5-2-3-7-13(12)14/h2-3,5,7,10,14H,4,6,8-9H2,1H3,(H,23,24)(H,25,26). The summed E-state index contributed by atoms with van der Waals surface area (Å²) in [5.74, 6) is -1.02. The number of benzene rings is 1. The van der Waals surface area contributed by atoms with Crippen LogP contribution in [-0.4, -0.2) is 33.6 Å². The Balaban J connectivity index is 1.48. The molecule has 1 unspecified atom stereocenters. The normalized spacial score (nSPS) is 15.8. The van der Waals surface area contributed by atoms with Crippen LogP contribution in [-0.2, 0) is 11.2 Å². The lowest BCUT2D eigenvalue weighted by molar-refractivity contribution is -0.124. The van der Waals surface area contributed by atoms with Gasteiger partial charge in [-0.15, -0.1) is 11.3 Å². The van der Waals surface area contributed by atoms with Crippen LogP contribution in [0.1, 0.15) is 45.2 Å². The number of carboxylic acids is 1. The Labute approximate surface area is 165 Å². The number of rotatable bonds is 5. The van der Waals surface area contributed by atoms with Crippen LogP contribution in [0.2, 0.25) is 0 Å². The first-order valence-corrected chi connectivity index (χ1v) is 9.83. The molecular weight excluding hydrogens is 378 g/mol. The molecule has 1 aromatic carbocycles. The molecule has 144 valence electrons. The third-order valence-corrected chi connectivity index (χ3v) is 6.12. The molecule has 0 radical (unpaired) electrons. The molecule has 0 aliphatic heterocycles. The van der Waals surface area contributed by atoms with Crippen molar-refractivity contribution in [3.63, 3.8) is 0 Å². The highest BCUT2D eigenvalue weighted by atomic mass is 32.1. The summed E-state index contributed by atoms with van der Waals surface area (Å²) in [6.45, 7) is 1.50. The Morgan fingerprint density at radius 3 is 2.96 bits per heavy atom. The van der Waals surface area contributed by atoms with Gasteiger partial charge in [0.15, 0.2) is 6.61 Å². The second-order valence-electron chi connectivity index (χ2n) is 6.72. The number of hydrogen-bond donors (Lipinski definition) is 2. The summed E-state index contributed by atoms with van der Waals surface area (Å²) in [4.78, 5) is 32.7. The van der Waals surface area contributed by atoms with Gasteiger partial charge < -0.3 is 15.2 Å². The Kier molecular flexibility index (Phi) is 4.95. The number of nitrogens with one attached hydrogen (secondary N) is 1. The summed E-state index contributed by atoms with van der Waals surface area (Å²) in [6.07, 6.45) is 4.27. The first kappa shape index (κ1) is 18.4. The molecule has 28 heavy (non-hydrogen) atoms. The zero-order valence-electron chi connectivity index (χ0n) is 15.3. The van der Waals surface area contributed by atoms with Gasteiger partial charge in [0.05, 0.1) is 11.4 Å². The zero-order valence-corrected chi connectivity index (χ0v) is 16.1. The average Bonchev–Trinajstić information content (AvgIpc) is 3.04. The molecule has 2 N–H and O–H groups in total. The highest BCUT2D eigenvalue weighted by Crippen LogP contribution is 2.34. The second-order valence-corrected chi connectivity index (χ2v) is 7.72. The number of thiophene rings is 1. The molecule has 1 amide bonds. The van der Waals surface area contributed by atoms with Crippen molar-refractivity contribution in [3.05, 3.63) is 52.2 Å². The molecule has 2 heterocycles. The van der Waals surface area contributed by atoms with Gasteiger partial charge in [-0.2, -0.15) is 0 Å². The van der Waals surface area contributed by atoms with Crippen LogP contribution in [0.15, 0.2) is 30.6 Å². The molecular formula is C20H19N3O4S. The molecule has 0 fully saturated rings. The fourth-order valence-corrected chi connectivity index (χ4v) is 4.60. The summed E-state index contributed by atoms with van der Waals surface area (Å²) in [6, 6.07) is 8.13. The van der Waals surface area contributed by atoms with E-state index >= 15 is 0 Å². The predicted octanol–water partition coefficient (Wildman–Crippen LogP) is 3.27. The molecule has 8 heteroatoms. The van der Waals surface area contributed by atoms with E-state index in [1.807, 2.05) is 12.1 Å². The third kappa shape index (κ3) is 3.43. The molecule has 2 aromatic heterocycles. The van der Waals surface area contributed by atoms with E-state index in [-0.39, 0.29) is 29.3 Å². The lowest BCUT2D eigenvalue weighted by Crippen LogP contribution is -2.34. The number of ether oxygens (including phenoxy) is 1. The van der Waals surface area contributed by atoms with Gasteiger partial charge in [-0.1, -0.05) is 24.3 Å². The van der Waals surface area contributed by atoms with Gasteiger partial charge in [-0.3, -0.25) is 4.79 Å². The van der Waals surface area contributed by atoms with E-state index in [0.717, 1.165) is 36.2 Å². The van der Waals surface area contributed by atoms with E-state index < -0.39 is 5.97 Å². The van der Waals surface area contributed by atoms with Crippen molar-refractivity contribution in [2.75, 3.05) is 6.61 Å². The predicted molar refractivity (Wildman–Crippen MR) is 105 cm³/mol. The fourth-order valence-electron chi connectivity index (χ4n) is 3.63. The summed E-state index contributed by atoms with van der Waals surface area (Å²) < 4.78 is 5.64. The number of aryl methyl sites for hydroxylation is 2. The third-order valence-electron chi connectivity index (χ3n) is 4.93. The molecule has 3 aromatic rings. The Morgan fingerprint density at radius 2 is 2.14 bits per heavy atom. The van der Waals surface area contributed by atoms with Gasteiger partial charge in [-0.25, -0.2) is 14.8 Å². The molecule has 7 nitrogen and oxygen atoms in total. The zero-order chi connectivity index (χ0) is 19.7. The van der Waals surface area contributed by atoms with Crippen LogP contribution in [0.3, 0.4) is 0 Å². The summed E-state index contributed by atoms with van der Waals surface area (Å²) in [5.41, 5.74) is 2.98. The van der Waals surface area contributed by atoms with Crippen LogP contribution < -0.4 is 10.1 Å². The topological polar surface area (TPSA) is 101 Å². The molecule has 1 aliphatic rings. The maximum atomic E-state index is 12.5. The van der Waals surface area contributed by atoms with Crippen molar-refractivity contribution < 1.29 is 19.4 Å². The Morgan fingerprint density at radius 1 is 1.32 bits per heavy atom. The molecule has 0 saturated carbocycles. The number of aromatic nitrogens is 2. The number of carbonyl (C=O) groups is 2. The monoisotopic (exact) mass is 397 g/mol. The van der Waals surface area contributed by atoms with Crippen molar-refractivity contribution in [3.8, 4) is 5.88 Å². The van der Waals surface area contributed by atoms with Crippen LogP contribution in [0.5, 0.6) is 5.88 Å². The molecule has 1 aliphatic carbocycles. The van der Waals surface area contributed by atoms with Crippen molar-refractivity contribution in [2.45, 2.75) is 32.2 Å². The van der Waals surface area contributed by atoms with Gasteiger partial charge in [-0.05, 0) is 42.9 Å². The van der Waals surface area contributed by atoms with Gasteiger partial charge in [0.1, 0.15) is 16.0 Å². The largest absolute Gasteiger partial charge is 0.477 e. The quantitative estimate of drug-likeness (QED) is 0.685. The molecule has 0 bridgehead atoms. The van der Waals surface area contributed by atoms with Crippen molar-refractivity contribution in [2.24, 2.45) is 0 Å². The SMILES string of the molecule is Cc1c(C(=O)O)sc2ncnc(OCC(=O)NC3CCCc4ccccc43)c12. The van der Waals surface area contributed by atoms with E-state index in [1.165, 1.54) is 11.9 Å². The Bertz CT molecular complexity index is 1060. The summed E-state index contributed by atoms with van der Waals surface area (Å²) in [5, 5.41) is 12.9. The van der Waals surface area contributed by atoms with Gasteiger partial charge in [0.2, 0.25) is 5.88 Å². The maximum Gasteiger partial charge on any atom is 0.346 e. The molecule has 4 rings (SSSR count). The first-order valence-electron chi connectivity index (χ1n) is 9.02. The van der Waals surface area contributed by atoms with E-state index in [9.17, 15) is 14.7 Å². The number of carbonyl (C=O) groups excluding carboxylic acids is 1. The number of fused-ring (bicyclic) bond motifs is 2. The number of hydrogen-bond acceptors (Lipinski definition) is 6. The van der Waals surface area contributed by atoms with E-state index in [0.29, 0.717) is 15.8 Å². The lowest BCUT2D eigenvalue weighted by atomic mass is 9.88. The number of carboxylic acid groups (broad SMARTS) is 1. The number of nitrogens with zero attached hydrogens (tertiary/aromatic N) is 2. The van der Waals surface area contributed by atoms with Crippen LogP contribution in [0.25, 0.3) is 10.2 Å². The molecule has 0 saturated heterocycles. The summed E-state index contributed by atoms with van der Waals surface area (Å²) >= 11 is 1.07. The highest BCUT2D eigenvalue weighted by Gasteiger charge is 2.23. The van der Waals surface area contributed by atoms with Gasteiger partial charge in [0.25, 0.3) is 5.91 Å². The van der Waals surface area contributed by atoms with Crippen molar-refractivity contribution in [1.29, 1.82) is 0 Å². The van der Waals surface area contributed by atoms with E-state index in [1.54, 1.807) is 6.92 Å². The first-order chi connectivity index (χ1) is 13.5. The van der Waals surface area contributed by atoms with Crippen LogP contribution in [0, 0.1) is 6.92 Å². The Hall–Kier alpha value is -3.00. The molecule has 1 atom stereocenters. The minimum Gasteiger partial charge on any atom is -0.477 e. The minimum atomic E-state index is -1.01. The average molecular weight is 397 g/mol. The van der Waals surface area contributed by atoms with E-state index in [2.05, 4.69) is 27.4 Å². The number of amides is 1. The smallest absolute Gasteiger partial charge is 0.346 e. The van der Waals surface area contributed by atoms with Crippen molar-refractivity contribution >= 4 is 33.4 Å². The second kappa shape index (κ2) is 7.55. The van der Waals surface area contributed by atoms with Crippen molar-refractivity contribution in [1.82, 2.24) is 15.3 Å².